The number of carboxylic acids is 1. The Hall–Kier alpha value is -2.40. The van der Waals surface area contributed by atoms with Gasteiger partial charge in [0.2, 0.25) is 5.91 Å². The number of carboxylic acid groups (broad SMARTS) is 1. The molecule has 0 aliphatic carbocycles. The summed E-state index contributed by atoms with van der Waals surface area (Å²) in [4.78, 5) is 23.3. The van der Waals surface area contributed by atoms with Crippen LogP contribution in [0.5, 0.6) is 0 Å². The first kappa shape index (κ1) is 25.9. The van der Waals surface area contributed by atoms with Gasteiger partial charge in [-0.05, 0) is 35.6 Å². The summed E-state index contributed by atoms with van der Waals surface area (Å²) in [5, 5.41) is 14.7. The largest absolute Gasteiger partial charge is 0.481 e. The van der Waals surface area contributed by atoms with Crippen LogP contribution in [-0.2, 0) is 16.0 Å². The number of nitrogens with zero attached hydrogens (tertiary/aromatic N) is 1. The van der Waals surface area contributed by atoms with E-state index in [1.807, 2.05) is 21.1 Å². The second-order valence-corrected chi connectivity index (χ2v) is 9.95. The van der Waals surface area contributed by atoms with Crippen molar-refractivity contribution in [2.75, 3.05) is 27.7 Å². The van der Waals surface area contributed by atoms with E-state index in [2.05, 4.69) is 47.8 Å². The van der Waals surface area contributed by atoms with Crippen molar-refractivity contribution < 1.29 is 19.2 Å². The minimum atomic E-state index is -0.871. The van der Waals surface area contributed by atoms with Crippen LogP contribution in [0.4, 0.5) is 0 Å². The number of likely N-dealkylation sites (N-methyl/N-ethyl adjacent to an activating group) is 1. The first-order chi connectivity index (χ1) is 15.2. The van der Waals surface area contributed by atoms with Crippen LogP contribution in [0.1, 0.15) is 63.4 Å². The lowest BCUT2D eigenvalue weighted by atomic mass is 9.99. The molecule has 1 amide bonds. The highest BCUT2D eigenvalue weighted by molar-refractivity contribution is 5.85. The zero-order valence-electron chi connectivity index (χ0n) is 20.1. The number of benzene rings is 2. The van der Waals surface area contributed by atoms with Crippen LogP contribution in [0, 0.1) is 0 Å². The average Bonchev–Trinajstić information content (AvgIpc) is 2.70. The molecule has 176 valence electrons. The normalized spacial score (nSPS) is 12.6. The summed E-state index contributed by atoms with van der Waals surface area (Å²) >= 11 is 0. The van der Waals surface area contributed by atoms with Crippen LogP contribution in [-0.4, -0.2) is 55.2 Å². The molecule has 2 rings (SSSR count). The first-order valence-corrected chi connectivity index (χ1v) is 12.0. The number of amides is 1. The van der Waals surface area contributed by atoms with Crippen LogP contribution in [0.25, 0.3) is 10.8 Å². The number of quaternary nitrogens is 1. The van der Waals surface area contributed by atoms with Gasteiger partial charge in [0.15, 0.2) is 0 Å². The molecule has 5 heteroatoms. The van der Waals surface area contributed by atoms with Gasteiger partial charge in [-0.15, -0.1) is 0 Å². The van der Waals surface area contributed by atoms with Crippen LogP contribution in [0.3, 0.4) is 0 Å². The fourth-order valence-electron chi connectivity index (χ4n) is 4.33. The van der Waals surface area contributed by atoms with Crippen molar-refractivity contribution in [3.8, 4) is 0 Å². The van der Waals surface area contributed by atoms with Gasteiger partial charge in [-0.1, -0.05) is 74.6 Å². The lowest BCUT2D eigenvalue weighted by molar-refractivity contribution is -0.871. The van der Waals surface area contributed by atoms with E-state index in [4.69, 9.17) is 5.11 Å². The molecule has 0 radical (unpaired) electrons. The molecular weight excluding hydrogens is 400 g/mol. The van der Waals surface area contributed by atoms with E-state index in [1.165, 1.54) is 42.0 Å². The second-order valence-electron chi connectivity index (χ2n) is 9.95. The fraction of sp³-hybridized carbons (Fsp3) is 0.556. The van der Waals surface area contributed by atoms with E-state index in [1.54, 1.807) is 0 Å². The summed E-state index contributed by atoms with van der Waals surface area (Å²) in [6.45, 7) is 0.608. The van der Waals surface area contributed by atoms with Crippen LogP contribution in [0.2, 0.25) is 0 Å². The lowest BCUT2D eigenvalue weighted by Gasteiger charge is -2.29. The summed E-state index contributed by atoms with van der Waals surface area (Å²) in [5.74, 6) is -0.899. The van der Waals surface area contributed by atoms with Gasteiger partial charge in [-0.25, -0.2) is 0 Å². The molecule has 0 bridgehead atoms. The molecule has 0 aliphatic heterocycles. The SMILES string of the molecule is C[N+](C)(C)CC(CC(=O)O)NC(=O)CCCCCCCCCc1cccc2ccccc12. The maximum absolute atomic E-state index is 12.2. The Morgan fingerprint density at radius 3 is 2.19 bits per heavy atom. The summed E-state index contributed by atoms with van der Waals surface area (Å²) in [5.41, 5.74) is 1.44. The van der Waals surface area contributed by atoms with Gasteiger partial charge in [0.1, 0.15) is 0 Å². The van der Waals surface area contributed by atoms with Crippen molar-refractivity contribution in [1.29, 1.82) is 0 Å². The number of rotatable bonds is 15. The number of carbonyl (C=O) groups excluding carboxylic acids is 1. The summed E-state index contributed by atoms with van der Waals surface area (Å²) < 4.78 is 0.624. The molecule has 0 fully saturated rings. The Labute approximate surface area is 193 Å². The van der Waals surface area contributed by atoms with Crippen LogP contribution >= 0.6 is 0 Å². The van der Waals surface area contributed by atoms with E-state index < -0.39 is 5.97 Å². The van der Waals surface area contributed by atoms with Gasteiger partial charge < -0.3 is 14.9 Å². The van der Waals surface area contributed by atoms with E-state index in [0.717, 1.165) is 25.7 Å². The molecule has 0 saturated carbocycles. The molecule has 2 aromatic rings. The van der Waals surface area contributed by atoms with Gasteiger partial charge in [0.25, 0.3) is 0 Å². The molecule has 0 aromatic heterocycles. The Morgan fingerprint density at radius 1 is 0.875 bits per heavy atom. The van der Waals surface area contributed by atoms with Crippen molar-refractivity contribution in [2.45, 2.75) is 70.3 Å². The van der Waals surface area contributed by atoms with Crippen molar-refractivity contribution >= 4 is 22.6 Å². The maximum Gasteiger partial charge on any atom is 0.305 e. The quantitative estimate of drug-likeness (QED) is 0.296. The van der Waals surface area contributed by atoms with Gasteiger partial charge >= 0.3 is 5.97 Å². The smallest absolute Gasteiger partial charge is 0.305 e. The summed E-state index contributed by atoms with van der Waals surface area (Å²) in [6.07, 6.45) is 9.56. The third-order valence-electron chi connectivity index (χ3n) is 5.78. The molecule has 5 nitrogen and oxygen atoms in total. The first-order valence-electron chi connectivity index (χ1n) is 12.0. The number of fused-ring (bicyclic) bond motifs is 1. The van der Waals surface area contributed by atoms with Crippen LogP contribution < -0.4 is 5.32 Å². The van der Waals surface area contributed by atoms with Gasteiger partial charge in [-0.3, -0.25) is 9.59 Å². The third-order valence-corrected chi connectivity index (χ3v) is 5.78. The molecule has 0 aliphatic rings. The standard InChI is InChI=1S/C27H40N2O3/c1-29(2,3)21-24(20-27(31)32)28-26(30)19-10-8-6-4-5-7-9-14-22-16-13-17-23-15-11-12-18-25(22)23/h11-13,15-18,24H,4-10,14,19-21H2,1-3H3,(H-,28,30,31,32)/p+1. The molecule has 0 saturated heterocycles. The molecule has 2 aromatic carbocycles. The molecular formula is C27H41N2O3+. The minimum Gasteiger partial charge on any atom is -0.481 e. The van der Waals surface area contributed by atoms with Gasteiger partial charge in [0.05, 0.1) is 40.2 Å². The highest BCUT2D eigenvalue weighted by atomic mass is 16.4. The van der Waals surface area contributed by atoms with Gasteiger partial charge in [-0.2, -0.15) is 0 Å². The zero-order valence-corrected chi connectivity index (χ0v) is 20.1. The predicted molar refractivity (Wildman–Crippen MR) is 132 cm³/mol. The van der Waals surface area contributed by atoms with Crippen molar-refractivity contribution in [1.82, 2.24) is 5.32 Å². The van der Waals surface area contributed by atoms with E-state index >= 15 is 0 Å². The van der Waals surface area contributed by atoms with Gasteiger partial charge in [0, 0.05) is 6.42 Å². The molecule has 1 atom stereocenters. The van der Waals surface area contributed by atoms with Crippen molar-refractivity contribution in [3.63, 3.8) is 0 Å². The van der Waals surface area contributed by atoms with E-state index in [9.17, 15) is 9.59 Å². The second kappa shape index (κ2) is 13.2. The highest BCUT2D eigenvalue weighted by Gasteiger charge is 2.22. The Bertz CT molecular complexity index is 852. The number of aliphatic carboxylic acids is 1. The minimum absolute atomic E-state index is 0.0277. The maximum atomic E-state index is 12.2. The monoisotopic (exact) mass is 441 g/mol. The average molecular weight is 442 g/mol. The van der Waals surface area contributed by atoms with Crippen LogP contribution in [0.15, 0.2) is 42.5 Å². The zero-order chi connectivity index (χ0) is 23.4. The number of hydrogen-bond donors (Lipinski definition) is 2. The Balaban J connectivity index is 1.55. The number of unbranched alkanes of at least 4 members (excludes halogenated alkanes) is 6. The number of nitrogens with one attached hydrogen (secondary N) is 1. The molecule has 2 N–H and O–H groups in total. The molecule has 32 heavy (non-hydrogen) atoms. The molecule has 0 spiro atoms. The van der Waals surface area contributed by atoms with E-state index in [-0.39, 0.29) is 18.4 Å². The summed E-state index contributed by atoms with van der Waals surface area (Å²) in [7, 11) is 6.01. The van der Waals surface area contributed by atoms with E-state index in [0.29, 0.717) is 17.4 Å². The topological polar surface area (TPSA) is 66.4 Å². The molecule has 1 unspecified atom stereocenters. The highest BCUT2D eigenvalue weighted by Crippen LogP contribution is 2.20. The lowest BCUT2D eigenvalue weighted by Crippen LogP contribution is -2.49. The number of aryl methyl sites for hydroxylation is 1. The Kier molecular flexibility index (Phi) is 10.7. The summed E-state index contributed by atoms with van der Waals surface area (Å²) in [6, 6.07) is 14.9. The third kappa shape index (κ3) is 10.3. The van der Waals surface area contributed by atoms with Crippen molar-refractivity contribution in [2.24, 2.45) is 0 Å². The predicted octanol–water partition coefficient (Wildman–Crippen LogP) is 5.17. The Morgan fingerprint density at radius 2 is 1.50 bits per heavy atom. The number of hydrogen-bond acceptors (Lipinski definition) is 2. The molecule has 0 heterocycles. The van der Waals surface area contributed by atoms with Crippen molar-refractivity contribution in [3.05, 3.63) is 48.0 Å². The number of carbonyl (C=O) groups is 2. The fourth-order valence-corrected chi connectivity index (χ4v) is 4.33.